The number of carbonyl (C=O) groups is 1. The molecular weight excluding hydrogens is 302 g/mol. The number of aryl methyl sites for hydroxylation is 1. The van der Waals surface area contributed by atoms with Crippen LogP contribution < -0.4 is 0 Å². The molecule has 1 aromatic carbocycles. The summed E-state index contributed by atoms with van der Waals surface area (Å²) in [6.45, 7) is 3.98. The van der Waals surface area contributed by atoms with Crippen molar-refractivity contribution in [1.29, 1.82) is 0 Å². The summed E-state index contributed by atoms with van der Waals surface area (Å²) in [5, 5.41) is 16.8. The van der Waals surface area contributed by atoms with Crippen molar-refractivity contribution in [2.24, 2.45) is 5.10 Å². The monoisotopic (exact) mass is 323 g/mol. The van der Waals surface area contributed by atoms with E-state index in [1.165, 1.54) is 5.01 Å². The largest absolute Gasteiger partial charge is 0.365 e. The van der Waals surface area contributed by atoms with Gasteiger partial charge in [0.15, 0.2) is 5.72 Å². The molecule has 0 fully saturated rings. The molecule has 2 heterocycles. The summed E-state index contributed by atoms with van der Waals surface area (Å²) in [6, 6.07) is 11.3. The molecule has 0 aliphatic carbocycles. The summed E-state index contributed by atoms with van der Waals surface area (Å²) in [7, 11) is 0. The normalized spacial score (nSPS) is 20.1. The van der Waals surface area contributed by atoms with Crippen LogP contribution in [0.2, 0.25) is 0 Å². The second kappa shape index (κ2) is 6.53. The van der Waals surface area contributed by atoms with Crippen molar-refractivity contribution in [2.45, 2.75) is 38.8 Å². The van der Waals surface area contributed by atoms with Gasteiger partial charge in [-0.15, -0.1) is 0 Å². The Balaban J connectivity index is 1.88. The molecule has 1 aliphatic heterocycles. The number of aromatic nitrogens is 1. The number of amides is 1. The molecule has 0 bridgehead atoms. The molecule has 0 spiro atoms. The Morgan fingerprint density at radius 2 is 1.88 bits per heavy atom. The highest BCUT2D eigenvalue weighted by molar-refractivity contribution is 5.91. The molecule has 0 unspecified atom stereocenters. The van der Waals surface area contributed by atoms with Gasteiger partial charge in [-0.2, -0.15) is 10.1 Å². The zero-order valence-corrected chi connectivity index (χ0v) is 13.9. The van der Waals surface area contributed by atoms with Crippen LogP contribution >= 0.6 is 0 Å². The lowest BCUT2D eigenvalue weighted by molar-refractivity contribution is -0.157. The summed E-state index contributed by atoms with van der Waals surface area (Å²) < 4.78 is 0. The number of hydrazone groups is 1. The van der Waals surface area contributed by atoms with Crippen molar-refractivity contribution in [2.75, 3.05) is 0 Å². The van der Waals surface area contributed by atoms with Crippen molar-refractivity contribution in [3.05, 3.63) is 65.5 Å². The lowest BCUT2D eigenvalue weighted by Crippen LogP contribution is -2.44. The molecule has 0 saturated heterocycles. The van der Waals surface area contributed by atoms with Gasteiger partial charge in [0.2, 0.25) is 5.91 Å². The average molecular weight is 323 g/mol. The number of aliphatic hydroxyl groups is 1. The molecule has 0 radical (unpaired) electrons. The third-order valence-corrected chi connectivity index (χ3v) is 4.31. The van der Waals surface area contributed by atoms with E-state index in [1.54, 1.807) is 24.5 Å². The Kier molecular flexibility index (Phi) is 4.44. The first-order valence-corrected chi connectivity index (χ1v) is 8.11. The number of benzene rings is 1. The highest BCUT2D eigenvalue weighted by Gasteiger charge is 2.45. The average Bonchev–Trinajstić information content (AvgIpc) is 2.96. The molecule has 0 saturated carbocycles. The third kappa shape index (κ3) is 3.08. The minimum atomic E-state index is -1.43. The predicted molar refractivity (Wildman–Crippen MR) is 92.2 cm³/mol. The summed E-state index contributed by atoms with van der Waals surface area (Å²) in [6.07, 6.45) is 4.45. The van der Waals surface area contributed by atoms with E-state index in [2.05, 4.69) is 10.1 Å². The molecule has 1 aromatic heterocycles. The number of pyridine rings is 1. The van der Waals surface area contributed by atoms with Gasteiger partial charge < -0.3 is 5.11 Å². The van der Waals surface area contributed by atoms with E-state index in [4.69, 9.17) is 0 Å². The molecule has 1 amide bonds. The van der Waals surface area contributed by atoms with E-state index in [-0.39, 0.29) is 12.3 Å². The van der Waals surface area contributed by atoms with Crippen LogP contribution in [0.15, 0.2) is 53.9 Å². The van der Waals surface area contributed by atoms with Gasteiger partial charge in [0.05, 0.1) is 6.42 Å². The zero-order valence-electron chi connectivity index (χ0n) is 13.9. The molecule has 2 aromatic rings. The SMILES string of the molecule is CCC1=NN(C(=O)Cc2ccc(C)cc2)[C@@](O)(c2ccncc2)C1. The second-order valence-corrected chi connectivity index (χ2v) is 6.12. The molecule has 1 aliphatic rings. The van der Waals surface area contributed by atoms with Gasteiger partial charge in [0.1, 0.15) is 0 Å². The van der Waals surface area contributed by atoms with Gasteiger partial charge in [-0.25, -0.2) is 0 Å². The lowest BCUT2D eigenvalue weighted by Gasteiger charge is -2.31. The van der Waals surface area contributed by atoms with Crippen LogP contribution in [-0.4, -0.2) is 26.7 Å². The fourth-order valence-corrected chi connectivity index (χ4v) is 2.88. The van der Waals surface area contributed by atoms with Crippen LogP contribution in [0.3, 0.4) is 0 Å². The van der Waals surface area contributed by atoms with Gasteiger partial charge in [-0.05, 0) is 31.0 Å². The minimum absolute atomic E-state index is 0.203. The van der Waals surface area contributed by atoms with Gasteiger partial charge in [0.25, 0.3) is 0 Å². The fourth-order valence-electron chi connectivity index (χ4n) is 2.88. The first-order valence-electron chi connectivity index (χ1n) is 8.11. The summed E-state index contributed by atoms with van der Waals surface area (Å²) >= 11 is 0. The number of rotatable bonds is 4. The molecule has 5 nitrogen and oxygen atoms in total. The molecule has 5 heteroatoms. The number of hydrogen-bond acceptors (Lipinski definition) is 4. The number of nitrogens with zero attached hydrogens (tertiary/aromatic N) is 3. The van der Waals surface area contributed by atoms with Crippen molar-refractivity contribution in [3.8, 4) is 0 Å². The molecule has 1 N–H and O–H groups in total. The maximum atomic E-state index is 12.8. The van der Waals surface area contributed by atoms with Crippen LogP contribution in [0, 0.1) is 6.92 Å². The van der Waals surface area contributed by atoms with Gasteiger partial charge in [0, 0.05) is 30.1 Å². The molecule has 124 valence electrons. The van der Waals surface area contributed by atoms with Crippen molar-refractivity contribution >= 4 is 11.6 Å². The summed E-state index contributed by atoms with van der Waals surface area (Å²) in [5.41, 5.74) is 2.05. The molecular formula is C19H21N3O2. The fraction of sp³-hybridized carbons (Fsp3) is 0.316. The number of hydrogen-bond donors (Lipinski definition) is 1. The highest BCUT2D eigenvalue weighted by Crippen LogP contribution is 2.36. The highest BCUT2D eigenvalue weighted by atomic mass is 16.3. The second-order valence-electron chi connectivity index (χ2n) is 6.12. The standard InChI is InChI=1S/C19H21N3O2/c1-3-17-13-19(24,16-8-10-20-11-9-16)22(21-17)18(23)12-15-6-4-14(2)5-7-15/h4-11,24H,3,12-13H2,1-2H3/t19-/m0/s1. The minimum Gasteiger partial charge on any atom is -0.365 e. The first-order chi connectivity index (χ1) is 11.5. The first kappa shape index (κ1) is 16.3. The van der Waals surface area contributed by atoms with Crippen LogP contribution in [0.5, 0.6) is 0 Å². The summed E-state index contributed by atoms with van der Waals surface area (Å²) in [4.78, 5) is 16.8. The van der Waals surface area contributed by atoms with E-state index in [9.17, 15) is 9.90 Å². The van der Waals surface area contributed by atoms with E-state index in [0.717, 1.165) is 16.8 Å². The van der Waals surface area contributed by atoms with Crippen LogP contribution in [-0.2, 0) is 16.9 Å². The van der Waals surface area contributed by atoms with Gasteiger partial charge >= 0.3 is 0 Å². The smallest absolute Gasteiger partial charge is 0.250 e. The Labute approximate surface area is 141 Å². The van der Waals surface area contributed by atoms with Crippen LogP contribution in [0.4, 0.5) is 0 Å². The van der Waals surface area contributed by atoms with E-state index >= 15 is 0 Å². The third-order valence-electron chi connectivity index (χ3n) is 4.31. The van der Waals surface area contributed by atoms with E-state index < -0.39 is 5.72 Å². The molecule has 24 heavy (non-hydrogen) atoms. The van der Waals surface area contributed by atoms with Crippen LogP contribution in [0.25, 0.3) is 0 Å². The van der Waals surface area contributed by atoms with Crippen LogP contribution in [0.1, 0.15) is 36.5 Å². The maximum absolute atomic E-state index is 12.8. The summed E-state index contributed by atoms with van der Waals surface area (Å²) in [5.74, 6) is -0.221. The van der Waals surface area contributed by atoms with E-state index in [0.29, 0.717) is 18.4 Å². The predicted octanol–water partition coefficient (Wildman–Crippen LogP) is 2.78. The van der Waals surface area contributed by atoms with E-state index in [1.807, 2.05) is 38.1 Å². The lowest BCUT2D eigenvalue weighted by atomic mass is 9.97. The molecule has 3 rings (SSSR count). The maximum Gasteiger partial charge on any atom is 0.250 e. The Hall–Kier alpha value is -2.53. The quantitative estimate of drug-likeness (QED) is 0.941. The Morgan fingerprint density at radius 1 is 1.21 bits per heavy atom. The van der Waals surface area contributed by atoms with Gasteiger partial charge in [-0.1, -0.05) is 36.8 Å². The Morgan fingerprint density at radius 3 is 2.50 bits per heavy atom. The van der Waals surface area contributed by atoms with Gasteiger partial charge in [-0.3, -0.25) is 9.78 Å². The molecule has 1 atom stereocenters. The zero-order chi connectivity index (χ0) is 17.2. The topological polar surface area (TPSA) is 65.8 Å². The van der Waals surface area contributed by atoms with Crippen molar-refractivity contribution in [3.63, 3.8) is 0 Å². The number of carbonyl (C=O) groups excluding carboxylic acids is 1. The van der Waals surface area contributed by atoms with Crippen molar-refractivity contribution in [1.82, 2.24) is 9.99 Å². The Bertz CT molecular complexity index is 756. The van der Waals surface area contributed by atoms with Crippen molar-refractivity contribution < 1.29 is 9.90 Å².